The predicted octanol–water partition coefficient (Wildman–Crippen LogP) is 2.39. The van der Waals surface area contributed by atoms with E-state index in [2.05, 4.69) is 4.99 Å². The first-order chi connectivity index (χ1) is 10.3. The number of nitrogens with zero attached hydrogens (tertiary/aromatic N) is 1. The summed E-state index contributed by atoms with van der Waals surface area (Å²) in [5.41, 5.74) is 1.79. The molecule has 1 aromatic carbocycles. The molecule has 0 aliphatic heterocycles. The lowest BCUT2D eigenvalue weighted by molar-refractivity contribution is -0.137. The molecule has 0 spiro atoms. The van der Waals surface area contributed by atoms with Crippen LogP contribution in [-0.2, 0) is 19.1 Å². The maximum absolute atomic E-state index is 12.2. The van der Waals surface area contributed by atoms with Crippen LogP contribution in [-0.4, -0.2) is 37.4 Å². The zero-order valence-corrected chi connectivity index (χ0v) is 13.4. The molecule has 0 fully saturated rings. The van der Waals surface area contributed by atoms with Gasteiger partial charge in [0.1, 0.15) is 5.57 Å². The minimum atomic E-state index is -0.598. The van der Waals surface area contributed by atoms with Crippen molar-refractivity contribution in [2.45, 2.75) is 26.3 Å². The Morgan fingerprint density at radius 1 is 0.909 bits per heavy atom. The van der Waals surface area contributed by atoms with E-state index in [1.165, 1.54) is 14.2 Å². The summed E-state index contributed by atoms with van der Waals surface area (Å²) in [6, 6.07) is 7.25. The highest BCUT2D eigenvalue weighted by atomic mass is 16.5. The second-order valence-corrected chi connectivity index (χ2v) is 5.91. The van der Waals surface area contributed by atoms with Crippen molar-refractivity contribution in [1.29, 1.82) is 0 Å². The van der Waals surface area contributed by atoms with E-state index in [1.54, 1.807) is 12.1 Å². The van der Waals surface area contributed by atoms with Gasteiger partial charge in [-0.05, 0) is 26.3 Å². The first kappa shape index (κ1) is 15.9. The minimum absolute atomic E-state index is 0.158. The van der Waals surface area contributed by atoms with Crippen LogP contribution in [0.5, 0.6) is 0 Å². The van der Waals surface area contributed by atoms with Crippen LogP contribution in [0, 0.1) is 0 Å². The maximum Gasteiger partial charge on any atom is 0.340 e. The highest BCUT2D eigenvalue weighted by Gasteiger charge is 2.37. The summed E-state index contributed by atoms with van der Waals surface area (Å²) in [6.45, 7) is 5.77. The van der Waals surface area contributed by atoms with Gasteiger partial charge in [-0.15, -0.1) is 0 Å². The molecular formula is C17H19NO4. The molecule has 5 heteroatoms. The number of benzene rings is 1. The van der Waals surface area contributed by atoms with Crippen LogP contribution >= 0.6 is 0 Å². The van der Waals surface area contributed by atoms with Crippen LogP contribution < -0.4 is 0 Å². The summed E-state index contributed by atoms with van der Waals surface area (Å²) in [5.74, 6) is -1.17. The minimum Gasteiger partial charge on any atom is -0.465 e. The lowest BCUT2D eigenvalue weighted by Gasteiger charge is -2.15. The topological polar surface area (TPSA) is 65.0 Å². The van der Waals surface area contributed by atoms with Gasteiger partial charge in [-0.25, -0.2) is 9.59 Å². The van der Waals surface area contributed by atoms with Gasteiger partial charge in [-0.2, -0.15) is 0 Å². The molecule has 5 nitrogen and oxygen atoms in total. The van der Waals surface area contributed by atoms with Gasteiger partial charge >= 0.3 is 11.9 Å². The second kappa shape index (κ2) is 5.75. The number of rotatable bonds is 2. The molecule has 2 rings (SSSR count). The largest absolute Gasteiger partial charge is 0.465 e. The SMILES string of the molecule is COC(=O)C1=C(C(=O)OC)c2ccccc2C1=NC(C)(C)C. The smallest absolute Gasteiger partial charge is 0.340 e. The molecule has 0 heterocycles. The molecule has 0 saturated heterocycles. The van der Waals surface area contributed by atoms with Crippen LogP contribution in [0.1, 0.15) is 31.9 Å². The zero-order chi connectivity index (χ0) is 16.5. The molecule has 0 amide bonds. The number of carbonyl (C=O) groups excluding carboxylic acids is 2. The first-order valence-corrected chi connectivity index (χ1v) is 6.91. The number of carbonyl (C=O) groups is 2. The van der Waals surface area contributed by atoms with Gasteiger partial charge in [0.15, 0.2) is 0 Å². The van der Waals surface area contributed by atoms with Crippen molar-refractivity contribution in [1.82, 2.24) is 0 Å². The highest BCUT2D eigenvalue weighted by Crippen LogP contribution is 2.35. The predicted molar refractivity (Wildman–Crippen MR) is 83.7 cm³/mol. The van der Waals surface area contributed by atoms with Gasteiger partial charge in [0.2, 0.25) is 0 Å². The van der Waals surface area contributed by atoms with Crippen LogP contribution in [0.4, 0.5) is 0 Å². The Labute approximate surface area is 129 Å². The number of methoxy groups -OCH3 is 2. The zero-order valence-electron chi connectivity index (χ0n) is 13.4. The monoisotopic (exact) mass is 301 g/mol. The summed E-state index contributed by atoms with van der Waals surface area (Å²) < 4.78 is 9.68. The lowest BCUT2D eigenvalue weighted by Crippen LogP contribution is -2.20. The number of ether oxygens (including phenoxy) is 2. The van der Waals surface area contributed by atoms with Gasteiger partial charge in [-0.1, -0.05) is 24.3 Å². The lowest BCUT2D eigenvalue weighted by atomic mass is 10.0. The van der Waals surface area contributed by atoms with Crippen molar-refractivity contribution in [3.05, 3.63) is 41.0 Å². The molecule has 0 bridgehead atoms. The molecule has 116 valence electrons. The van der Waals surface area contributed by atoms with E-state index in [-0.39, 0.29) is 11.1 Å². The Hall–Kier alpha value is -2.43. The summed E-state index contributed by atoms with van der Waals surface area (Å²) in [7, 11) is 2.56. The summed E-state index contributed by atoms with van der Waals surface area (Å²) in [4.78, 5) is 29.0. The molecule has 22 heavy (non-hydrogen) atoms. The van der Waals surface area contributed by atoms with Crippen molar-refractivity contribution < 1.29 is 19.1 Å². The third-order valence-corrected chi connectivity index (χ3v) is 3.16. The Morgan fingerprint density at radius 2 is 1.41 bits per heavy atom. The Bertz CT molecular complexity index is 693. The Balaban J connectivity index is 2.81. The molecule has 0 unspecified atom stereocenters. The molecule has 0 saturated carbocycles. The standard InChI is InChI=1S/C17H19NO4/c1-17(2,3)18-14-11-9-7-6-8-10(11)12(15(19)21-4)13(14)16(20)22-5/h6-9H,1-5H3. The first-order valence-electron chi connectivity index (χ1n) is 6.91. The third kappa shape index (κ3) is 2.79. The highest BCUT2D eigenvalue weighted by molar-refractivity contribution is 6.43. The van der Waals surface area contributed by atoms with E-state index in [4.69, 9.17) is 9.47 Å². The van der Waals surface area contributed by atoms with Gasteiger partial charge in [0.05, 0.1) is 31.0 Å². The fourth-order valence-corrected chi connectivity index (χ4v) is 2.36. The molecular weight excluding hydrogens is 282 g/mol. The van der Waals surface area contributed by atoms with Gasteiger partial charge in [-0.3, -0.25) is 4.99 Å². The Kier molecular flexibility index (Phi) is 4.17. The normalized spacial score (nSPS) is 15.8. The van der Waals surface area contributed by atoms with Crippen LogP contribution in [0.3, 0.4) is 0 Å². The van der Waals surface area contributed by atoms with Crippen LogP contribution in [0.2, 0.25) is 0 Å². The van der Waals surface area contributed by atoms with E-state index in [0.29, 0.717) is 11.3 Å². The average molecular weight is 301 g/mol. The van der Waals surface area contributed by atoms with Crippen molar-refractivity contribution in [3.8, 4) is 0 Å². The molecule has 0 aromatic heterocycles. The number of hydrogen-bond acceptors (Lipinski definition) is 5. The van der Waals surface area contributed by atoms with E-state index in [1.807, 2.05) is 32.9 Å². The van der Waals surface area contributed by atoms with Gasteiger partial charge in [0, 0.05) is 5.56 Å². The fraction of sp³-hybridized carbons (Fsp3) is 0.353. The number of aliphatic imine (C=N–C) groups is 1. The number of esters is 2. The van der Waals surface area contributed by atoms with Gasteiger partial charge in [0.25, 0.3) is 0 Å². The van der Waals surface area contributed by atoms with E-state index in [9.17, 15) is 9.59 Å². The van der Waals surface area contributed by atoms with Crippen molar-refractivity contribution in [2.24, 2.45) is 4.99 Å². The summed E-state index contributed by atoms with van der Waals surface area (Å²) in [5, 5.41) is 0. The second-order valence-electron chi connectivity index (χ2n) is 5.91. The average Bonchev–Trinajstić information content (AvgIpc) is 2.78. The van der Waals surface area contributed by atoms with E-state index < -0.39 is 17.5 Å². The number of fused-ring (bicyclic) bond motifs is 1. The fourth-order valence-electron chi connectivity index (χ4n) is 2.36. The van der Waals surface area contributed by atoms with Crippen LogP contribution in [0.25, 0.3) is 5.57 Å². The maximum atomic E-state index is 12.2. The summed E-state index contributed by atoms with van der Waals surface area (Å²) >= 11 is 0. The van der Waals surface area contributed by atoms with Crippen molar-refractivity contribution in [2.75, 3.05) is 14.2 Å². The van der Waals surface area contributed by atoms with E-state index in [0.717, 1.165) is 5.56 Å². The third-order valence-electron chi connectivity index (χ3n) is 3.16. The quantitative estimate of drug-likeness (QED) is 0.787. The summed E-state index contributed by atoms with van der Waals surface area (Å²) in [6.07, 6.45) is 0. The van der Waals surface area contributed by atoms with Crippen molar-refractivity contribution in [3.63, 3.8) is 0 Å². The van der Waals surface area contributed by atoms with Crippen molar-refractivity contribution >= 4 is 23.2 Å². The Morgan fingerprint density at radius 3 is 1.91 bits per heavy atom. The molecule has 1 aromatic rings. The molecule has 0 radical (unpaired) electrons. The van der Waals surface area contributed by atoms with Crippen LogP contribution in [0.15, 0.2) is 34.8 Å². The molecule has 1 aliphatic carbocycles. The van der Waals surface area contributed by atoms with Gasteiger partial charge < -0.3 is 9.47 Å². The number of hydrogen-bond donors (Lipinski definition) is 0. The molecule has 1 aliphatic rings. The molecule has 0 atom stereocenters. The molecule has 0 N–H and O–H groups in total. The van der Waals surface area contributed by atoms with E-state index >= 15 is 0 Å².